The molecule has 2 unspecified atom stereocenters. The zero-order valence-corrected chi connectivity index (χ0v) is 49.2. The van der Waals surface area contributed by atoms with E-state index in [0.717, 1.165) is 77.5 Å². The van der Waals surface area contributed by atoms with Crippen LogP contribution in [0.25, 0.3) is 88.7 Å². The SMILES string of the molecule is Cc1ccccc1-c1cc(-c2ccc(N(c3cc(CCc4ccc(C(C)(C)C)cc4)c4cc(-c5ccc6oc7ccccc7c6c5)cc(CCc5ccccc5)c4c3)C3C=CC(c4ccc5oc6c(c5c4)C=CCC6C)=CC3)cc2)ccc1C. The number of nitrogens with zero attached hydrogens (tertiary/aromatic N) is 1. The highest BCUT2D eigenvalue weighted by Crippen LogP contribution is 2.43. The van der Waals surface area contributed by atoms with Crippen molar-refractivity contribution in [2.24, 2.45) is 0 Å². The fourth-order valence-electron chi connectivity index (χ4n) is 13.3. The molecule has 0 amide bonds. The van der Waals surface area contributed by atoms with Crippen LogP contribution in [0.4, 0.5) is 11.4 Å². The van der Waals surface area contributed by atoms with E-state index in [1.165, 1.54) is 111 Å². The topological polar surface area (TPSA) is 29.5 Å². The van der Waals surface area contributed by atoms with Gasteiger partial charge in [0.25, 0.3) is 0 Å². The summed E-state index contributed by atoms with van der Waals surface area (Å²) < 4.78 is 12.8. The van der Waals surface area contributed by atoms with E-state index in [2.05, 4.69) is 283 Å². The second-order valence-electron chi connectivity index (χ2n) is 24.8. The Balaban J connectivity index is 0.919. The number of para-hydroxylation sites is 1. The van der Waals surface area contributed by atoms with Gasteiger partial charge in [0, 0.05) is 39.0 Å². The van der Waals surface area contributed by atoms with Crippen molar-refractivity contribution >= 4 is 66.7 Å². The first-order chi connectivity index (χ1) is 40.9. The fourth-order valence-corrected chi connectivity index (χ4v) is 13.3. The van der Waals surface area contributed by atoms with E-state index in [9.17, 15) is 0 Å². The van der Waals surface area contributed by atoms with Crippen molar-refractivity contribution < 1.29 is 8.83 Å². The number of rotatable bonds is 13. The third kappa shape index (κ3) is 10.2. The van der Waals surface area contributed by atoms with Gasteiger partial charge in [-0.3, -0.25) is 0 Å². The first-order valence-electron chi connectivity index (χ1n) is 30.3. The molecule has 2 aliphatic carbocycles. The average Bonchev–Trinajstić information content (AvgIpc) is 4.32. The van der Waals surface area contributed by atoms with Gasteiger partial charge in [-0.05, 0) is 219 Å². The number of fused-ring (bicyclic) bond motifs is 7. The maximum Gasteiger partial charge on any atom is 0.135 e. The molecule has 2 heterocycles. The summed E-state index contributed by atoms with van der Waals surface area (Å²) in [5.41, 5.74) is 25.6. The number of furan rings is 2. The maximum atomic E-state index is 6.47. The van der Waals surface area contributed by atoms with Gasteiger partial charge < -0.3 is 13.7 Å². The van der Waals surface area contributed by atoms with E-state index in [1.54, 1.807) is 0 Å². The van der Waals surface area contributed by atoms with Crippen LogP contribution in [0, 0.1) is 13.8 Å². The summed E-state index contributed by atoms with van der Waals surface area (Å²) in [6, 6.07) is 77.4. The van der Waals surface area contributed by atoms with Gasteiger partial charge in [-0.2, -0.15) is 0 Å². The highest BCUT2D eigenvalue weighted by atomic mass is 16.3. The van der Waals surface area contributed by atoms with E-state index in [0.29, 0.717) is 5.92 Å². The van der Waals surface area contributed by atoms with E-state index in [4.69, 9.17) is 8.83 Å². The van der Waals surface area contributed by atoms with Gasteiger partial charge in [0.15, 0.2) is 0 Å². The first kappa shape index (κ1) is 52.9. The van der Waals surface area contributed by atoms with E-state index < -0.39 is 0 Å². The molecule has 3 nitrogen and oxygen atoms in total. The lowest BCUT2D eigenvalue weighted by atomic mass is 9.86. The molecule has 0 aliphatic heterocycles. The molecule has 14 rings (SSSR count). The standard InChI is InChI=1S/C81H71NO2/c1-52-15-10-11-19-69(52)72-47-59(28-23-53(72)2)57-31-39-66(40-32-57)82(67-41-33-58(34-42-67)60-35-44-79-76(48-60)71-21-14-16-54(3)80(71)84-79)68-46-63(30-25-56-26-37-65(38-27-56)81(4,5)6)73-50-64(45-62(74(73)51-68)29-24-55-17-8-7-9-18-55)61-36-43-78-75(49-61)70-20-12-13-22-77(70)83-78/h7-15,17-23,26-28,31-41,43-51,54,67H,16,24-25,29-30,42H2,1-6H3. The van der Waals surface area contributed by atoms with Gasteiger partial charge in [0.1, 0.15) is 22.5 Å². The zero-order valence-electron chi connectivity index (χ0n) is 49.2. The first-order valence-corrected chi connectivity index (χ1v) is 30.3. The third-order valence-electron chi connectivity index (χ3n) is 18.1. The van der Waals surface area contributed by atoms with Crippen LogP contribution in [0.5, 0.6) is 0 Å². The Morgan fingerprint density at radius 3 is 1.86 bits per heavy atom. The maximum absolute atomic E-state index is 6.47. The van der Waals surface area contributed by atoms with Crippen LogP contribution >= 0.6 is 0 Å². The molecule has 0 bridgehead atoms. The molecule has 412 valence electrons. The van der Waals surface area contributed by atoms with Gasteiger partial charge in [0.2, 0.25) is 0 Å². The van der Waals surface area contributed by atoms with Crippen molar-refractivity contribution in [1.29, 1.82) is 0 Å². The molecule has 2 aromatic heterocycles. The molecule has 84 heavy (non-hydrogen) atoms. The average molecular weight is 1090 g/mol. The molecular formula is C81H71NO2. The predicted octanol–water partition coefficient (Wildman–Crippen LogP) is 22.0. The summed E-state index contributed by atoms with van der Waals surface area (Å²) in [7, 11) is 0. The Bertz CT molecular complexity index is 4550. The van der Waals surface area contributed by atoms with E-state index in [-0.39, 0.29) is 11.5 Å². The second-order valence-corrected chi connectivity index (χ2v) is 24.8. The summed E-state index contributed by atoms with van der Waals surface area (Å²) in [4.78, 5) is 2.62. The minimum Gasteiger partial charge on any atom is -0.460 e. The molecule has 12 aromatic rings. The second kappa shape index (κ2) is 21.9. The predicted molar refractivity (Wildman–Crippen MR) is 356 cm³/mol. The Kier molecular flexibility index (Phi) is 13.8. The summed E-state index contributed by atoms with van der Waals surface area (Å²) in [6.07, 6.45) is 17.3. The molecule has 2 atom stereocenters. The van der Waals surface area contributed by atoms with Crippen LogP contribution in [0.3, 0.4) is 0 Å². The smallest absolute Gasteiger partial charge is 0.135 e. The Morgan fingerprint density at radius 2 is 1.08 bits per heavy atom. The van der Waals surface area contributed by atoms with Crippen LogP contribution in [0.1, 0.15) is 102 Å². The zero-order chi connectivity index (χ0) is 57.1. The van der Waals surface area contributed by atoms with Crippen LogP contribution in [-0.4, -0.2) is 6.04 Å². The molecule has 0 N–H and O–H groups in total. The van der Waals surface area contributed by atoms with Crippen LogP contribution in [0.2, 0.25) is 0 Å². The van der Waals surface area contributed by atoms with Gasteiger partial charge in [-0.1, -0.05) is 198 Å². The lowest BCUT2D eigenvalue weighted by molar-refractivity contribution is 0.504. The molecule has 0 fully saturated rings. The van der Waals surface area contributed by atoms with Crippen molar-refractivity contribution in [1.82, 2.24) is 0 Å². The molecule has 0 saturated carbocycles. The van der Waals surface area contributed by atoms with Gasteiger partial charge in [-0.15, -0.1) is 0 Å². The quantitative estimate of drug-likeness (QED) is 0.115. The monoisotopic (exact) mass is 1090 g/mol. The van der Waals surface area contributed by atoms with Gasteiger partial charge in [-0.25, -0.2) is 0 Å². The van der Waals surface area contributed by atoms with Crippen molar-refractivity contribution in [3.8, 4) is 33.4 Å². The van der Waals surface area contributed by atoms with Crippen molar-refractivity contribution in [2.45, 2.75) is 97.4 Å². The molecule has 3 heteroatoms. The molecule has 10 aromatic carbocycles. The molecule has 2 aliphatic rings. The normalized spacial score (nSPS) is 15.1. The number of aryl methyl sites for hydroxylation is 6. The highest BCUT2D eigenvalue weighted by molar-refractivity contribution is 6.07. The van der Waals surface area contributed by atoms with Gasteiger partial charge in [0.05, 0.1) is 6.04 Å². The lowest BCUT2D eigenvalue weighted by Crippen LogP contribution is -2.30. The summed E-state index contributed by atoms with van der Waals surface area (Å²) >= 11 is 0. The highest BCUT2D eigenvalue weighted by Gasteiger charge is 2.26. The lowest BCUT2D eigenvalue weighted by Gasteiger charge is -2.34. The molecule has 0 spiro atoms. The van der Waals surface area contributed by atoms with E-state index >= 15 is 0 Å². The molecule has 0 radical (unpaired) electrons. The van der Waals surface area contributed by atoms with Gasteiger partial charge >= 0.3 is 0 Å². The molecular weight excluding hydrogens is 1020 g/mol. The number of anilines is 2. The Hall–Kier alpha value is -9.18. The third-order valence-corrected chi connectivity index (χ3v) is 18.1. The minimum absolute atomic E-state index is 0.0413. The Labute approximate surface area is 494 Å². The van der Waals surface area contributed by atoms with Crippen LogP contribution < -0.4 is 4.90 Å². The molecule has 0 saturated heterocycles. The largest absolute Gasteiger partial charge is 0.460 e. The number of benzene rings is 10. The Morgan fingerprint density at radius 1 is 0.452 bits per heavy atom. The van der Waals surface area contributed by atoms with E-state index in [1.807, 2.05) is 0 Å². The van der Waals surface area contributed by atoms with Crippen LogP contribution in [0.15, 0.2) is 239 Å². The summed E-state index contributed by atoms with van der Waals surface area (Å²) in [5.74, 6) is 1.48. The summed E-state index contributed by atoms with van der Waals surface area (Å²) in [6.45, 7) is 13.6. The minimum atomic E-state index is 0.0413. The van der Waals surface area contributed by atoms with Crippen molar-refractivity contribution in [2.75, 3.05) is 4.90 Å². The van der Waals surface area contributed by atoms with Crippen molar-refractivity contribution in [3.05, 3.63) is 286 Å². The number of allylic oxidation sites excluding steroid dienone is 3. The number of hydrogen-bond donors (Lipinski definition) is 0. The summed E-state index contributed by atoms with van der Waals surface area (Å²) in [5, 5.41) is 6.10. The van der Waals surface area contributed by atoms with Crippen molar-refractivity contribution in [3.63, 3.8) is 0 Å². The fraction of sp³-hybridized carbons (Fsp3) is 0.185. The van der Waals surface area contributed by atoms with Crippen LogP contribution in [-0.2, 0) is 31.1 Å². The number of hydrogen-bond acceptors (Lipinski definition) is 3.